The highest BCUT2D eigenvalue weighted by Gasteiger charge is 1.99. The standard InChI is InChI=1S/C15H16N2O2/c1-17(2)13-7-5-12(6-8-13)16-15(18)10-9-14-4-3-11-19-14/h3-11H,1-2H3,(H,16,18). The second-order valence-electron chi connectivity index (χ2n) is 4.28. The van der Waals surface area contributed by atoms with Crippen LogP contribution in [-0.2, 0) is 4.79 Å². The van der Waals surface area contributed by atoms with Crippen LogP contribution in [0, 0.1) is 0 Å². The first-order valence-corrected chi connectivity index (χ1v) is 5.95. The monoisotopic (exact) mass is 256 g/mol. The number of nitrogens with one attached hydrogen (secondary N) is 1. The topological polar surface area (TPSA) is 45.5 Å². The van der Waals surface area contributed by atoms with Gasteiger partial charge in [0.15, 0.2) is 0 Å². The lowest BCUT2D eigenvalue weighted by Crippen LogP contribution is -2.10. The Labute approximate surface area is 112 Å². The molecule has 1 aromatic heterocycles. The van der Waals surface area contributed by atoms with Crippen molar-refractivity contribution in [2.75, 3.05) is 24.3 Å². The zero-order valence-corrected chi connectivity index (χ0v) is 11.0. The van der Waals surface area contributed by atoms with Gasteiger partial charge in [0.2, 0.25) is 5.91 Å². The Bertz CT molecular complexity index is 554. The fraction of sp³-hybridized carbons (Fsp3) is 0.133. The summed E-state index contributed by atoms with van der Waals surface area (Å²) in [6, 6.07) is 11.2. The van der Waals surface area contributed by atoms with Crippen LogP contribution in [0.5, 0.6) is 0 Å². The molecule has 4 nitrogen and oxygen atoms in total. The molecule has 2 aromatic rings. The van der Waals surface area contributed by atoms with Gasteiger partial charge in [0.25, 0.3) is 0 Å². The predicted molar refractivity (Wildman–Crippen MR) is 77.1 cm³/mol. The molecule has 0 atom stereocenters. The maximum absolute atomic E-state index is 11.7. The number of furan rings is 1. The van der Waals surface area contributed by atoms with Crippen LogP contribution >= 0.6 is 0 Å². The molecule has 0 unspecified atom stereocenters. The molecule has 1 heterocycles. The van der Waals surface area contributed by atoms with E-state index in [4.69, 9.17) is 4.42 Å². The fourth-order valence-corrected chi connectivity index (χ4v) is 1.57. The van der Waals surface area contributed by atoms with Crippen molar-refractivity contribution in [1.82, 2.24) is 0 Å². The lowest BCUT2D eigenvalue weighted by atomic mass is 10.2. The first-order valence-electron chi connectivity index (χ1n) is 5.95. The van der Waals surface area contributed by atoms with Crippen molar-refractivity contribution < 1.29 is 9.21 Å². The van der Waals surface area contributed by atoms with Gasteiger partial charge in [-0.05, 0) is 42.5 Å². The molecule has 0 aliphatic rings. The molecule has 0 fully saturated rings. The minimum Gasteiger partial charge on any atom is -0.465 e. The summed E-state index contributed by atoms with van der Waals surface area (Å²) in [6.07, 6.45) is 4.64. The third kappa shape index (κ3) is 3.74. The summed E-state index contributed by atoms with van der Waals surface area (Å²) in [5.74, 6) is 0.465. The van der Waals surface area contributed by atoms with Crippen molar-refractivity contribution in [2.24, 2.45) is 0 Å². The Balaban J connectivity index is 1.95. The van der Waals surface area contributed by atoms with E-state index >= 15 is 0 Å². The first kappa shape index (κ1) is 13.0. The predicted octanol–water partition coefficient (Wildman–Crippen LogP) is 3.00. The Morgan fingerprint density at radius 2 is 1.95 bits per heavy atom. The van der Waals surface area contributed by atoms with E-state index in [-0.39, 0.29) is 5.91 Å². The van der Waals surface area contributed by atoms with E-state index in [9.17, 15) is 4.79 Å². The quantitative estimate of drug-likeness (QED) is 0.855. The largest absolute Gasteiger partial charge is 0.465 e. The summed E-state index contributed by atoms with van der Waals surface area (Å²) >= 11 is 0. The number of carbonyl (C=O) groups is 1. The molecule has 2 rings (SSSR count). The summed E-state index contributed by atoms with van der Waals surface area (Å²) in [5.41, 5.74) is 1.85. The molecule has 0 aliphatic carbocycles. The molecule has 1 aromatic carbocycles. The maximum Gasteiger partial charge on any atom is 0.248 e. The van der Waals surface area contributed by atoms with Crippen LogP contribution in [-0.4, -0.2) is 20.0 Å². The number of carbonyl (C=O) groups excluding carboxylic acids is 1. The summed E-state index contributed by atoms with van der Waals surface area (Å²) in [4.78, 5) is 13.7. The second kappa shape index (κ2) is 5.91. The van der Waals surface area contributed by atoms with E-state index in [0.29, 0.717) is 5.76 Å². The van der Waals surface area contributed by atoms with Crippen molar-refractivity contribution in [2.45, 2.75) is 0 Å². The first-order chi connectivity index (χ1) is 9.15. The Morgan fingerprint density at radius 1 is 1.21 bits per heavy atom. The third-order valence-electron chi connectivity index (χ3n) is 2.59. The van der Waals surface area contributed by atoms with Gasteiger partial charge in [-0.3, -0.25) is 4.79 Å². The molecule has 0 radical (unpaired) electrons. The van der Waals surface area contributed by atoms with Crippen LogP contribution in [0.15, 0.2) is 53.2 Å². The zero-order chi connectivity index (χ0) is 13.7. The van der Waals surface area contributed by atoms with Gasteiger partial charge in [-0.1, -0.05) is 0 Å². The highest BCUT2D eigenvalue weighted by molar-refractivity contribution is 6.01. The van der Waals surface area contributed by atoms with Crippen molar-refractivity contribution in [1.29, 1.82) is 0 Å². The van der Waals surface area contributed by atoms with Crippen LogP contribution in [0.3, 0.4) is 0 Å². The summed E-state index contributed by atoms with van der Waals surface area (Å²) in [7, 11) is 3.94. The maximum atomic E-state index is 11.7. The van der Waals surface area contributed by atoms with Gasteiger partial charge in [0.1, 0.15) is 5.76 Å². The molecule has 0 bridgehead atoms. The minimum absolute atomic E-state index is 0.186. The lowest BCUT2D eigenvalue weighted by Gasteiger charge is -2.12. The molecule has 0 aliphatic heterocycles. The van der Waals surface area contributed by atoms with Crippen LogP contribution in [0.2, 0.25) is 0 Å². The van der Waals surface area contributed by atoms with Gasteiger partial charge < -0.3 is 14.6 Å². The molecule has 19 heavy (non-hydrogen) atoms. The minimum atomic E-state index is -0.186. The van der Waals surface area contributed by atoms with Gasteiger partial charge in [-0.25, -0.2) is 0 Å². The average Bonchev–Trinajstić information content (AvgIpc) is 2.90. The van der Waals surface area contributed by atoms with Gasteiger partial charge in [-0.15, -0.1) is 0 Å². The Kier molecular flexibility index (Phi) is 4.03. The van der Waals surface area contributed by atoms with Crippen molar-refractivity contribution in [3.63, 3.8) is 0 Å². The number of rotatable bonds is 4. The molecule has 98 valence electrons. The molecule has 1 N–H and O–H groups in total. The summed E-state index contributed by atoms with van der Waals surface area (Å²) in [5, 5.41) is 2.78. The van der Waals surface area contributed by atoms with Gasteiger partial charge >= 0.3 is 0 Å². The van der Waals surface area contributed by atoms with Crippen LogP contribution in [0.4, 0.5) is 11.4 Å². The van der Waals surface area contributed by atoms with Crippen LogP contribution in [0.25, 0.3) is 6.08 Å². The van der Waals surface area contributed by atoms with E-state index in [1.54, 1.807) is 24.5 Å². The normalized spacial score (nSPS) is 10.6. The number of amides is 1. The third-order valence-corrected chi connectivity index (χ3v) is 2.59. The SMILES string of the molecule is CN(C)c1ccc(NC(=O)C=Cc2ccco2)cc1. The van der Waals surface area contributed by atoms with E-state index in [1.165, 1.54) is 6.08 Å². The number of hydrogen-bond acceptors (Lipinski definition) is 3. The summed E-state index contributed by atoms with van der Waals surface area (Å²) in [6.45, 7) is 0. The zero-order valence-electron chi connectivity index (χ0n) is 11.0. The van der Waals surface area contributed by atoms with Gasteiger partial charge in [0.05, 0.1) is 6.26 Å². The van der Waals surface area contributed by atoms with Crippen molar-refractivity contribution >= 4 is 23.4 Å². The summed E-state index contributed by atoms with van der Waals surface area (Å²) < 4.78 is 5.10. The molecular weight excluding hydrogens is 240 g/mol. The van der Waals surface area contributed by atoms with Crippen molar-refractivity contribution in [3.8, 4) is 0 Å². The molecule has 0 spiro atoms. The number of hydrogen-bond donors (Lipinski definition) is 1. The smallest absolute Gasteiger partial charge is 0.248 e. The highest BCUT2D eigenvalue weighted by atomic mass is 16.3. The average molecular weight is 256 g/mol. The second-order valence-corrected chi connectivity index (χ2v) is 4.28. The van der Waals surface area contributed by atoms with Crippen LogP contribution in [0.1, 0.15) is 5.76 Å². The highest BCUT2D eigenvalue weighted by Crippen LogP contribution is 2.15. The van der Waals surface area contributed by atoms with E-state index in [1.807, 2.05) is 43.3 Å². The molecule has 0 saturated carbocycles. The number of nitrogens with zero attached hydrogens (tertiary/aromatic N) is 1. The fourth-order valence-electron chi connectivity index (χ4n) is 1.57. The van der Waals surface area contributed by atoms with E-state index < -0.39 is 0 Å². The molecule has 4 heteroatoms. The lowest BCUT2D eigenvalue weighted by molar-refractivity contribution is -0.111. The van der Waals surface area contributed by atoms with Gasteiger partial charge in [0, 0.05) is 31.5 Å². The molecule has 1 amide bonds. The van der Waals surface area contributed by atoms with Gasteiger partial charge in [-0.2, -0.15) is 0 Å². The number of anilines is 2. The van der Waals surface area contributed by atoms with Crippen molar-refractivity contribution in [3.05, 3.63) is 54.5 Å². The molecular formula is C15H16N2O2. The molecule has 0 saturated heterocycles. The van der Waals surface area contributed by atoms with E-state index in [0.717, 1.165) is 11.4 Å². The Hall–Kier alpha value is -2.49. The van der Waals surface area contributed by atoms with E-state index in [2.05, 4.69) is 5.32 Å². The van der Waals surface area contributed by atoms with Crippen LogP contribution < -0.4 is 10.2 Å². The number of benzene rings is 1. The Morgan fingerprint density at radius 3 is 2.53 bits per heavy atom.